The van der Waals surface area contributed by atoms with Crippen molar-refractivity contribution in [1.29, 1.82) is 0 Å². The Hall–Kier alpha value is -5.92. The number of furan rings is 2. The fourth-order valence-corrected chi connectivity index (χ4v) is 3.84. The Bertz CT molecular complexity index is 1530. The third-order valence-corrected chi connectivity index (χ3v) is 5.81. The van der Waals surface area contributed by atoms with Crippen LogP contribution in [0.3, 0.4) is 0 Å². The highest BCUT2D eigenvalue weighted by Crippen LogP contribution is 2.31. The Morgan fingerprint density at radius 3 is 1.48 bits per heavy atom. The lowest BCUT2D eigenvalue weighted by Crippen LogP contribution is -2.18. The molecule has 0 aliphatic carbocycles. The molecular formula is C28H24N6O8. The molecule has 0 atom stereocenters. The number of carbonyl (C=O) groups excluding carboxylic acids is 2. The second-order valence-electron chi connectivity index (χ2n) is 8.75. The smallest absolute Gasteiger partial charge is 0.280 e. The summed E-state index contributed by atoms with van der Waals surface area (Å²) in [6.07, 6.45) is 3.69. The zero-order chi connectivity index (χ0) is 29.9. The average molecular weight is 573 g/mol. The van der Waals surface area contributed by atoms with Gasteiger partial charge in [-0.05, 0) is 49.2 Å². The zero-order valence-electron chi connectivity index (χ0n) is 22.0. The predicted octanol–water partition coefficient (Wildman–Crippen LogP) is 5.18. The molecule has 2 aromatic heterocycles. The van der Waals surface area contributed by atoms with Crippen LogP contribution >= 0.6 is 0 Å². The van der Waals surface area contributed by atoms with Crippen molar-refractivity contribution in [2.24, 2.45) is 10.2 Å². The van der Waals surface area contributed by atoms with Crippen molar-refractivity contribution in [3.8, 4) is 22.6 Å². The van der Waals surface area contributed by atoms with Crippen molar-refractivity contribution in [3.63, 3.8) is 0 Å². The summed E-state index contributed by atoms with van der Waals surface area (Å²) in [5.74, 6) is 0.473. The number of benzene rings is 2. The van der Waals surface area contributed by atoms with E-state index in [2.05, 4.69) is 21.1 Å². The highest BCUT2D eigenvalue weighted by molar-refractivity contribution is 5.83. The Labute approximate surface area is 238 Å². The summed E-state index contributed by atoms with van der Waals surface area (Å²) in [4.78, 5) is 45.4. The summed E-state index contributed by atoms with van der Waals surface area (Å²) in [6, 6.07) is 18.6. The molecule has 0 unspecified atom stereocenters. The second kappa shape index (κ2) is 13.9. The molecule has 2 N–H and O–H groups in total. The molecule has 42 heavy (non-hydrogen) atoms. The number of hydrogen-bond donors (Lipinski definition) is 2. The standard InChI is InChI=1S/C28H24N6O8/c35-27(31-29-17-19-13-15-25(41-19)21-7-1-3-9-23(21)33(37)38)11-5-6-12-28(36)32-30-18-20-14-16-26(42-20)22-8-2-4-10-24(22)34(39)40/h1-4,7-10,13-18H,5-6,11-12H2,(H,31,35)(H,32,36)/b29-17+,30-18+. The molecule has 2 aromatic carbocycles. The van der Waals surface area contributed by atoms with Gasteiger partial charge in [-0.1, -0.05) is 24.3 Å². The topological polar surface area (TPSA) is 195 Å². The van der Waals surface area contributed by atoms with Gasteiger partial charge in [0.2, 0.25) is 11.8 Å². The molecule has 0 saturated heterocycles. The number of nitro groups is 2. The molecule has 2 heterocycles. The monoisotopic (exact) mass is 572 g/mol. The highest BCUT2D eigenvalue weighted by Gasteiger charge is 2.18. The van der Waals surface area contributed by atoms with Gasteiger partial charge >= 0.3 is 0 Å². The summed E-state index contributed by atoms with van der Waals surface area (Å²) < 4.78 is 11.1. The number of hydrazone groups is 2. The molecule has 0 bridgehead atoms. The van der Waals surface area contributed by atoms with Crippen LogP contribution in [0.4, 0.5) is 11.4 Å². The predicted molar refractivity (Wildman–Crippen MR) is 152 cm³/mol. The van der Waals surface area contributed by atoms with Gasteiger partial charge in [0.15, 0.2) is 0 Å². The molecule has 214 valence electrons. The van der Waals surface area contributed by atoms with E-state index in [-0.39, 0.29) is 36.0 Å². The van der Waals surface area contributed by atoms with Gasteiger partial charge in [0, 0.05) is 25.0 Å². The zero-order valence-corrected chi connectivity index (χ0v) is 22.0. The van der Waals surface area contributed by atoms with Gasteiger partial charge in [-0.15, -0.1) is 0 Å². The first kappa shape index (κ1) is 29.1. The minimum Gasteiger partial charge on any atom is -0.455 e. The van der Waals surface area contributed by atoms with Crippen molar-refractivity contribution in [2.45, 2.75) is 25.7 Å². The molecule has 0 aliphatic rings. The molecule has 0 spiro atoms. The lowest BCUT2D eigenvalue weighted by Gasteiger charge is -2.01. The largest absolute Gasteiger partial charge is 0.455 e. The maximum Gasteiger partial charge on any atom is 0.280 e. The van der Waals surface area contributed by atoms with Crippen molar-refractivity contribution in [1.82, 2.24) is 10.9 Å². The number of rotatable bonds is 13. The van der Waals surface area contributed by atoms with Crippen molar-refractivity contribution < 1.29 is 28.3 Å². The highest BCUT2D eigenvalue weighted by atomic mass is 16.6. The van der Waals surface area contributed by atoms with E-state index in [9.17, 15) is 29.8 Å². The fraction of sp³-hybridized carbons (Fsp3) is 0.143. The Kier molecular flexibility index (Phi) is 9.64. The number of nitrogens with one attached hydrogen (secondary N) is 2. The van der Waals surface area contributed by atoms with Gasteiger partial charge < -0.3 is 8.83 Å². The Balaban J connectivity index is 1.15. The normalized spacial score (nSPS) is 11.1. The van der Waals surface area contributed by atoms with Crippen LogP contribution in [0.25, 0.3) is 22.6 Å². The molecule has 14 heteroatoms. The Morgan fingerprint density at radius 2 is 1.07 bits per heavy atom. The summed E-state index contributed by atoms with van der Waals surface area (Å²) in [5, 5.41) is 30.1. The van der Waals surface area contributed by atoms with Crippen LogP contribution < -0.4 is 10.9 Å². The number of amides is 2. The summed E-state index contributed by atoms with van der Waals surface area (Å²) >= 11 is 0. The van der Waals surface area contributed by atoms with Crippen LogP contribution in [0.15, 0.2) is 91.8 Å². The van der Waals surface area contributed by atoms with E-state index >= 15 is 0 Å². The van der Waals surface area contributed by atoms with E-state index in [1.54, 1.807) is 60.7 Å². The molecule has 0 fully saturated rings. The lowest BCUT2D eigenvalue weighted by molar-refractivity contribution is -0.384. The quantitative estimate of drug-likeness (QED) is 0.0945. The molecule has 14 nitrogen and oxygen atoms in total. The van der Waals surface area contributed by atoms with Crippen LogP contribution in [0.5, 0.6) is 0 Å². The number of para-hydroxylation sites is 2. The van der Waals surface area contributed by atoms with Crippen LogP contribution in [-0.2, 0) is 9.59 Å². The molecule has 4 rings (SSSR count). The third kappa shape index (κ3) is 7.81. The molecule has 0 radical (unpaired) electrons. The summed E-state index contributed by atoms with van der Waals surface area (Å²) in [5.41, 5.74) is 5.20. The SMILES string of the molecule is O=C(CCCCC(=O)N/N=C/c1ccc(-c2ccccc2[N+](=O)[O-])o1)N/N=C/c1ccc(-c2ccccc2[N+](=O)[O-])o1. The van der Waals surface area contributed by atoms with Crippen molar-refractivity contribution in [2.75, 3.05) is 0 Å². The van der Waals surface area contributed by atoms with Gasteiger partial charge in [-0.25, -0.2) is 10.9 Å². The van der Waals surface area contributed by atoms with Crippen LogP contribution in [0, 0.1) is 20.2 Å². The molecule has 0 aliphatic heterocycles. The average Bonchev–Trinajstić information content (AvgIpc) is 3.65. The first-order valence-corrected chi connectivity index (χ1v) is 12.6. The maximum absolute atomic E-state index is 12.0. The van der Waals surface area contributed by atoms with Gasteiger partial charge in [0.05, 0.1) is 33.4 Å². The van der Waals surface area contributed by atoms with Crippen LogP contribution in [0.2, 0.25) is 0 Å². The minimum atomic E-state index is -0.496. The van der Waals surface area contributed by atoms with E-state index in [0.717, 1.165) is 0 Å². The molecular weight excluding hydrogens is 548 g/mol. The first-order chi connectivity index (χ1) is 20.3. The lowest BCUT2D eigenvalue weighted by atomic mass is 10.1. The van der Waals surface area contributed by atoms with Crippen LogP contribution in [-0.4, -0.2) is 34.1 Å². The minimum absolute atomic E-state index is 0.0888. The van der Waals surface area contributed by atoms with Crippen LogP contribution in [0.1, 0.15) is 37.2 Å². The summed E-state index contributed by atoms with van der Waals surface area (Å²) in [6.45, 7) is 0. The van der Waals surface area contributed by atoms with Gasteiger partial charge in [0.25, 0.3) is 11.4 Å². The van der Waals surface area contributed by atoms with E-state index in [1.165, 1.54) is 24.6 Å². The second-order valence-corrected chi connectivity index (χ2v) is 8.75. The fourth-order valence-electron chi connectivity index (χ4n) is 3.84. The summed E-state index contributed by atoms with van der Waals surface area (Å²) in [7, 11) is 0. The van der Waals surface area contributed by atoms with Gasteiger partial charge in [-0.2, -0.15) is 10.2 Å². The van der Waals surface area contributed by atoms with Crippen molar-refractivity contribution >= 4 is 35.6 Å². The number of hydrogen-bond acceptors (Lipinski definition) is 10. The number of nitrogens with zero attached hydrogens (tertiary/aromatic N) is 4. The molecule has 4 aromatic rings. The molecule has 2 amide bonds. The molecule has 0 saturated carbocycles. The maximum atomic E-state index is 12.0. The number of carbonyl (C=O) groups is 2. The van der Waals surface area contributed by atoms with E-state index < -0.39 is 9.85 Å². The van der Waals surface area contributed by atoms with E-state index in [0.29, 0.717) is 47.0 Å². The van der Waals surface area contributed by atoms with E-state index in [1.807, 2.05) is 0 Å². The Morgan fingerprint density at radius 1 is 0.667 bits per heavy atom. The number of nitro benzene ring substituents is 2. The first-order valence-electron chi connectivity index (χ1n) is 12.6. The van der Waals surface area contributed by atoms with Gasteiger partial charge in [-0.3, -0.25) is 29.8 Å². The number of unbranched alkanes of at least 4 members (excludes halogenated alkanes) is 1. The van der Waals surface area contributed by atoms with Crippen molar-refractivity contribution in [3.05, 3.63) is 105 Å². The van der Waals surface area contributed by atoms with Gasteiger partial charge in [0.1, 0.15) is 23.0 Å². The van der Waals surface area contributed by atoms with E-state index in [4.69, 9.17) is 8.83 Å². The third-order valence-electron chi connectivity index (χ3n) is 5.81.